The van der Waals surface area contributed by atoms with Crippen molar-refractivity contribution in [3.63, 3.8) is 0 Å². The van der Waals surface area contributed by atoms with Crippen LogP contribution in [0.3, 0.4) is 0 Å². The zero-order valence-corrected chi connectivity index (χ0v) is 25.4. The average molecular weight is 602 g/mol. The summed E-state index contributed by atoms with van der Waals surface area (Å²) in [5.41, 5.74) is 13.7. The Hall–Kier alpha value is -6.32. The Morgan fingerprint density at radius 2 is 0.915 bits per heavy atom. The number of fused-ring (bicyclic) bond motifs is 8. The maximum Gasteiger partial charge on any atom is 0.161 e. The molecule has 0 radical (unpaired) electrons. The first-order chi connectivity index (χ1) is 23.3. The summed E-state index contributed by atoms with van der Waals surface area (Å²) in [6.07, 6.45) is 0. The molecule has 3 aromatic heterocycles. The molecule has 0 aliphatic rings. The highest BCUT2D eigenvalue weighted by Gasteiger charge is 2.21. The van der Waals surface area contributed by atoms with Gasteiger partial charge >= 0.3 is 0 Å². The predicted molar refractivity (Wildman–Crippen MR) is 194 cm³/mol. The third-order valence-corrected chi connectivity index (χ3v) is 9.43. The van der Waals surface area contributed by atoms with Crippen molar-refractivity contribution in [3.8, 4) is 39.1 Å². The monoisotopic (exact) mass is 601 g/mol. The van der Waals surface area contributed by atoms with Crippen molar-refractivity contribution in [2.75, 3.05) is 0 Å². The van der Waals surface area contributed by atoms with Crippen LogP contribution in [0.15, 0.2) is 173 Å². The summed E-state index contributed by atoms with van der Waals surface area (Å²) in [5.74, 6) is 0. The van der Waals surface area contributed by atoms with Crippen LogP contribution in [0.1, 0.15) is 0 Å². The van der Waals surface area contributed by atoms with Gasteiger partial charge in [-0.05, 0) is 58.7 Å². The summed E-state index contributed by atoms with van der Waals surface area (Å²) < 4.78 is 15.6. The highest BCUT2D eigenvalue weighted by Crippen LogP contribution is 2.43. The van der Waals surface area contributed by atoms with Gasteiger partial charge in [0.15, 0.2) is 5.58 Å². The van der Waals surface area contributed by atoms with Crippen LogP contribution in [0, 0.1) is 0 Å². The minimum atomic E-state index is 0.892. The molecule has 0 aliphatic carbocycles. The smallest absolute Gasteiger partial charge is 0.161 e. The van der Waals surface area contributed by atoms with E-state index in [-0.39, 0.29) is 0 Å². The van der Waals surface area contributed by atoms with E-state index in [1.807, 2.05) is 6.07 Å². The lowest BCUT2D eigenvalue weighted by Crippen LogP contribution is -1.92. The highest BCUT2D eigenvalue weighted by molar-refractivity contribution is 6.19. The minimum absolute atomic E-state index is 0.892. The maximum atomic E-state index is 6.78. The van der Waals surface area contributed by atoms with Crippen molar-refractivity contribution in [1.29, 1.82) is 0 Å². The fraction of sp³-hybridized carbons (Fsp3) is 0. The fourth-order valence-electron chi connectivity index (χ4n) is 7.33. The molecule has 0 amide bonds. The van der Waals surface area contributed by atoms with E-state index in [0.717, 1.165) is 94.0 Å². The number of rotatable bonds is 4. The molecule has 220 valence electrons. The first-order valence-electron chi connectivity index (χ1n) is 15.9. The minimum Gasteiger partial charge on any atom is -0.455 e. The molecule has 47 heavy (non-hydrogen) atoms. The van der Waals surface area contributed by atoms with Crippen molar-refractivity contribution in [2.24, 2.45) is 0 Å². The number of benzene rings is 7. The molecule has 0 aliphatic heterocycles. The van der Waals surface area contributed by atoms with Crippen LogP contribution in [0.4, 0.5) is 0 Å². The molecule has 3 heterocycles. The van der Waals surface area contributed by atoms with Crippen molar-refractivity contribution >= 4 is 54.9 Å². The fourth-order valence-corrected chi connectivity index (χ4v) is 7.33. The SMILES string of the molecule is c1ccc(-c2cccc3c2oc2cccc(-c4ccc(-c5cccc6c5oc5c7ccccc7n(-c7ccccc7)c65)cc4)c23)cc1. The number of para-hydroxylation sites is 4. The third kappa shape index (κ3) is 3.87. The van der Waals surface area contributed by atoms with Crippen molar-refractivity contribution in [1.82, 2.24) is 4.57 Å². The molecular weight excluding hydrogens is 574 g/mol. The van der Waals surface area contributed by atoms with Gasteiger partial charge in [-0.1, -0.05) is 127 Å². The summed E-state index contributed by atoms with van der Waals surface area (Å²) in [7, 11) is 0. The van der Waals surface area contributed by atoms with E-state index >= 15 is 0 Å². The summed E-state index contributed by atoms with van der Waals surface area (Å²) in [6, 6.07) is 57.5. The maximum absolute atomic E-state index is 6.78. The number of hydrogen-bond acceptors (Lipinski definition) is 2. The van der Waals surface area contributed by atoms with E-state index in [2.05, 4.69) is 162 Å². The van der Waals surface area contributed by atoms with Gasteiger partial charge in [0.1, 0.15) is 22.3 Å². The lowest BCUT2D eigenvalue weighted by molar-refractivity contribution is 0.670. The van der Waals surface area contributed by atoms with Crippen LogP contribution in [-0.4, -0.2) is 4.57 Å². The molecule has 0 atom stereocenters. The first-order valence-corrected chi connectivity index (χ1v) is 15.9. The van der Waals surface area contributed by atoms with Gasteiger partial charge in [-0.15, -0.1) is 0 Å². The van der Waals surface area contributed by atoms with Crippen molar-refractivity contribution in [3.05, 3.63) is 164 Å². The molecule has 0 saturated carbocycles. The Bertz CT molecular complexity index is 2760. The lowest BCUT2D eigenvalue weighted by Gasteiger charge is -2.09. The Morgan fingerprint density at radius 3 is 1.68 bits per heavy atom. The summed E-state index contributed by atoms with van der Waals surface area (Å²) in [6.45, 7) is 0. The molecule has 3 nitrogen and oxygen atoms in total. The summed E-state index contributed by atoms with van der Waals surface area (Å²) >= 11 is 0. The number of aromatic nitrogens is 1. The van der Waals surface area contributed by atoms with Gasteiger partial charge in [0, 0.05) is 38.4 Å². The van der Waals surface area contributed by atoms with Gasteiger partial charge in [-0.3, -0.25) is 0 Å². The van der Waals surface area contributed by atoms with E-state index in [1.54, 1.807) is 0 Å². The molecule has 10 rings (SSSR count). The highest BCUT2D eigenvalue weighted by atomic mass is 16.3. The van der Waals surface area contributed by atoms with E-state index in [1.165, 1.54) is 0 Å². The van der Waals surface area contributed by atoms with Gasteiger partial charge < -0.3 is 13.4 Å². The van der Waals surface area contributed by atoms with Gasteiger partial charge in [-0.25, -0.2) is 0 Å². The second-order valence-corrected chi connectivity index (χ2v) is 12.1. The van der Waals surface area contributed by atoms with Crippen LogP contribution in [0.25, 0.3) is 94.0 Å². The Labute approximate surface area is 270 Å². The molecule has 0 fully saturated rings. The Balaban J connectivity index is 1.12. The predicted octanol–water partition coefficient (Wildman–Crippen LogP) is 12.4. The third-order valence-electron chi connectivity index (χ3n) is 9.43. The first kappa shape index (κ1) is 26.0. The van der Waals surface area contributed by atoms with Crippen LogP contribution in [0.5, 0.6) is 0 Å². The van der Waals surface area contributed by atoms with E-state index in [4.69, 9.17) is 8.83 Å². The zero-order chi connectivity index (χ0) is 30.9. The quantitative estimate of drug-likeness (QED) is 0.201. The molecule has 7 aromatic carbocycles. The number of nitrogens with zero attached hydrogens (tertiary/aromatic N) is 1. The second kappa shape index (κ2) is 10.1. The molecule has 0 saturated heterocycles. The van der Waals surface area contributed by atoms with Crippen LogP contribution < -0.4 is 0 Å². The van der Waals surface area contributed by atoms with Gasteiger partial charge in [-0.2, -0.15) is 0 Å². The standard InChI is InChI=1S/C44H27NO2/c1-3-12-28(13-4-1)33-18-9-20-36-40-32(17-11-23-39(40)46-42(33)36)29-24-26-30(27-25-29)34-19-10-21-37-41-44(47-43(34)37)35-16-7-8-22-38(35)45(41)31-14-5-2-6-15-31/h1-27H. The van der Waals surface area contributed by atoms with Gasteiger partial charge in [0.25, 0.3) is 0 Å². The lowest BCUT2D eigenvalue weighted by atomic mass is 9.95. The Kier molecular flexibility index (Phi) is 5.57. The van der Waals surface area contributed by atoms with Crippen LogP contribution in [-0.2, 0) is 0 Å². The molecule has 3 heteroatoms. The van der Waals surface area contributed by atoms with E-state index < -0.39 is 0 Å². The van der Waals surface area contributed by atoms with Crippen LogP contribution >= 0.6 is 0 Å². The number of hydrogen-bond donors (Lipinski definition) is 0. The van der Waals surface area contributed by atoms with Crippen LogP contribution in [0.2, 0.25) is 0 Å². The Morgan fingerprint density at radius 1 is 0.362 bits per heavy atom. The van der Waals surface area contributed by atoms with Crippen molar-refractivity contribution in [2.45, 2.75) is 0 Å². The zero-order valence-electron chi connectivity index (χ0n) is 25.4. The second-order valence-electron chi connectivity index (χ2n) is 12.1. The normalized spacial score (nSPS) is 11.8. The average Bonchev–Trinajstić information content (AvgIpc) is 3.81. The topological polar surface area (TPSA) is 31.2 Å². The molecule has 0 N–H and O–H groups in total. The summed E-state index contributed by atoms with van der Waals surface area (Å²) in [5, 5.41) is 4.47. The largest absolute Gasteiger partial charge is 0.455 e. The van der Waals surface area contributed by atoms with E-state index in [0.29, 0.717) is 0 Å². The molecule has 0 spiro atoms. The molecule has 0 unspecified atom stereocenters. The number of furan rings is 2. The van der Waals surface area contributed by atoms with Gasteiger partial charge in [0.2, 0.25) is 0 Å². The molecule has 0 bridgehead atoms. The van der Waals surface area contributed by atoms with E-state index in [9.17, 15) is 0 Å². The van der Waals surface area contributed by atoms with Gasteiger partial charge in [0.05, 0.1) is 5.52 Å². The van der Waals surface area contributed by atoms with Crippen molar-refractivity contribution < 1.29 is 8.83 Å². The molecule has 10 aromatic rings. The molecular formula is C44H27NO2. The summed E-state index contributed by atoms with van der Waals surface area (Å²) in [4.78, 5) is 0.